The van der Waals surface area contributed by atoms with Crippen LogP contribution in [0.5, 0.6) is 0 Å². The fourth-order valence-electron chi connectivity index (χ4n) is 1.51. The number of hydrogen-bond acceptors (Lipinski definition) is 6. The molecule has 0 saturated carbocycles. The molecule has 1 aromatic heterocycles. The molecular formula is C9H9NO5S2. The fourth-order valence-corrected chi connectivity index (χ4v) is 4.41. The molecule has 0 spiro atoms. The monoisotopic (exact) mass is 275 g/mol. The summed E-state index contributed by atoms with van der Waals surface area (Å²) >= 11 is 1.10. The number of hydrogen-bond donors (Lipinski definition) is 0. The van der Waals surface area contributed by atoms with Gasteiger partial charge in [0.1, 0.15) is 16.3 Å². The van der Waals surface area contributed by atoms with Gasteiger partial charge in [0.15, 0.2) is 0 Å². The van der Waals surface area contributed by atoms with Gasteiger partial charge in [-0.15, -0.1) is 11.3 Å². The molecule has 0 fully saturated rings. The van der Waals surface area contributed by atoms with Crippen LogP contribution in [0.4, 0.5) is 0 Å². The minimum atomic E-state index is -3.89. The van der Waals surface area contributed by atoms with Crippen LogP contribution >= 0.6 is 11.3 Å². The van der Waals surface area contributed by atoms with Crippen molar-refractivity contribution >= 4 is 33.2 Å². The van der Waals surface area contributed by atoms with Gasteiger partial charge in [0.05, 0.1) is 7.11 Å². The molecule has 0 aliphatic carbocycles. The lowest BCUT2D eigenvalue weighted by Crippen LogP contribution is -2.35. The SMILES string of the molecule is COC(=O)CN1C(=O)c2sc(C)cc2S1(=O)=O. The summed E-state index contributed by atoms with van der Waals surface area (Å²) in [4.78, 5) is 23.8. The van der Waals surface area contributed by atoms with Crippen molar-refractivity contribution in [1.82, 2.24) is 4.31 Å². The first kappa shape index (κ1) is 12.1. The Morgan fingerprint density at radius 2 is 2.18 bits per heavy atom. The lowest BCUT2D eigenvalue weighted by atomic mass is 10.4. The van der Waals surface area contributed by atoms with Crippen molar-refractivity contribution < 1.29 is 22.7 Å². The smallest absolute Gasteiger partial charge is 0.326 e. The molecule has 2 rings (SSSR count). The Bertz CT molecular complexity index is 601. The van der Waals surface area contributed by atoms with E-state index in [1.165, 1.54) is 6.07 Å². The topological polar surface area (TPSA) is 80.8 Å². The molecule has 92 valence electrons. The van der Waals surface area contributed by atoms with Gasteiger partial charge in [0, 0.05) is 4.88 Å². The lowest BCUT2D eigenvalue weighted by Gasteiger charge is -2.13. The highest BCUT2D eigenvalue weighted by Gasteiger charge is 2.43. The summed E-state index contributed by atoms with van der Waals surface area (Å²) in [7, 11) is -2.75. The molecule has 8 heteroatoms. The number of rotatable bonds is 2. The average molecular weight is 275 g/mol. The van der Waals surface area contributed by atoms with Crippen LogP contribution in [0, 0.1) is 6.92 Å². The van der Waals surface area contributed by atoms with E-state index in [4.69, 9.17) is 0 Å². The number of carbonyl (C=O) groups is 2. The molecule has 2 heterocycles. The van der Waals surface area contributed by atoms with Crippen molar-refractivity contribution in [3.63, 3.8) is 0 Å². The van der Waals surface area contributed by atoms with Crippen molar-refractivity contribution in [3.8, 4) is 0 Å². The number of fused-ring (bicyclic) bond motifs is 1. The number of carbonyl (C=O) groups excluding carboxylic acids is 2. The van der Waals surface area contributed by atoms with Crippen LogP contribution in [0.25, 0.3) is 0 Å². The van der Waals surface area contributed by atoms with Gasteiger partial charge in [-0.1, -0.05) is 0 Å². The van der Waals surface area contributed by atoms with Crippen molar-refractivity contribution in [2.24, 2.45) is 0 Å². The van der Waals surface area contributed by atoms with Crippen LogP contribution < -0.4 is 0 Å². The van der Waals surface area contributed by atoms with Crippen LogP contribution in [0.15, 0.2) is 11.0 Å². The summed E-state index contributed by atoms with van der Waals surface area (Å²) in [5.74, 6) is -1.43. The lowest BCUT2D eigenvalue weighted by molar-refractivity contribution is -0.140. The third-order valence-electron chi connectivity index (χ3n) is 2.31. The van der Waals surface area contributed by atoms with Gasteiger partial charge in [-0.25, -0.2) is 12.7 Å². The van der Waals surface area contributed by atoms with Crippen molar-refractivity contribution in [1.29, 1.82) is 0 Å². The van der Waals surface area contributed by atoms with Crippen molar-refractivity contribution in [2.45, 2.75) is 11.8 Å². The zero-order valence-corrected chi connectivity index (χ0v) is 10.7. The highest BCUT2D eigenvalue weighted by molar-refractivity contribution is 7.90. The third-order valence-corrected chi connectivity index (χ3v) is 5.23. The number of methoxy groups -OCH3 is 1. The van der Waals surface area contributed by atoms with E-state index in [9.17, 15) is 18.0 Å². The highest BCUT2D eigenvalue weighted by atomic mass is 32.2. The highest BCUT2D eigenvalue weighted by Crippen LogP contribution is 2.36. The number of thiophene rings is 1. The normalized spacial score (nSPS) is 17.1. The first-order chi connectivity index (χ1) is 7.87. The van der Waals surface area contributed by atoms with Crippen molar-refractivity contribution in [3.05, 3.63) is 15.8 Å². The van der Waals surface area contributed by atoms with E-state index in [-0.39, 0.29) is 9.77 Å². The first-order valence-corrected chi connectivity index (χ1v) is 6.88. The van der Waals surface area contributed by atoms with Gasteiger partial charge in [-0.2, -0.15) is 0 Å². The molecule has 0 aromatic carbocycles. The van der Waals surface area contributed by atoms with E-state index >= 15 is 0 Å². The second-order valence-electron chi connectivity index (χ2n) is 3.44. The maximum absolute atomic E-state index is 12.0. The number of amides is 1. The molecule has 6 nitrogen and oxygen atoms in total. The summed E-state index contributed by atoms with van der Waals surface area (Å²) in [6.45, 7) is 1.13. The molecule has 0 bridgehead atoms. The molecule has 0 saturated heterocycles. The fraction of sp³-hybridized carbons (Fsp3) is 0.333. The zero-order chi connectivity index (χ0) is 12.8. The van der Waals surface area contributed by atoms with Gasteiger partial charge < -0.3 is 4.74 Å². The number of nitrogens with zero attached hydrogens (tertiary/aromatic N) is 1. The Morgan fingerprint density at radius 1 is 1.53 bits per heavy atom. The molecule has 1 aliphatic rings. The summed E-state index contributed by atoms with van der Waals surface area (Å²) < 4.78 is 28.8. The Morgan fingerprint density at radius 3 is 2.71 bits per heavy atom. The maximum atomic E-state index is 12.0. The number of esters is 1. The second-order valence-corrected chi connectivity index (χ2v) is 6.53. The van der Waals surface area contributed by atoms with Crippen LogP contribution in [0.2, 0.25) is 0 Å². The van der Waals surface area contributed by atoms with E-state index < -0.39 is 28.4 Å². The van der Waals surface area contributed by atoms with Gasteiger partial charge in [0.2, 0.25) is 0 Å². The van der Waals surface area contributed by atoms with Crippen LogP contribution in [0.1, 0.15) is 14.5 Å². The van der Waals surface area contributed by atoms with Gasteiger partial charge in [-0.3, -0.25) is 9.59 Å². The molecule has 0 unspecified atom stereocenters. The standard InChI is InChI=1S/C9H9NO5S2/c1-5-3-6-8(16-5)9(12)10(17(6,13)14)4-7(11)15-2/h3H,4H2,1-2H3. The van der Waals surface area contributed by atoms with E-state index in [0.717, 1.165) is 23.3 Å². The molecule has 1 amide bonds. The molecule has 0 radical (unpaired) electrons. The third kappa shape index (κ3) is 1.73. The quantitative estimate of drug-likeness (QED) is 0.729. The van der Waals surface area contributed by atoms with Gasteiger partial charge in [-0.05, 0) is 13.0 Å². The Kier molecular flexibility index (Phi) is 2.70. The molecule has 17 heavy (non-hydrogen) atoms. The first-order valence-electron chi connectivity index (χ1n) is 4.62. The Balaban J connectivity index is 2.45. The number of ether oxygens (including phenoxy) is 1. The molecule has 0 atom stereocenters. The van der Waals surface area contributed by atoms with Crippen LogP contribution in [0.3, 0.4) is 0 Å². The van der Waals surface area contributed by atoms with E-state index in [0.29, 0.717) is 4.31 Å². The minimum absolute atomic E-state index is 0.0195. The minimum Gasteiger partial charge on any atom is -0.468 e. The van der Waals surface area contributed by atoms with E-state index in [2.05, 4.69) is 4.74 Å². The van der Waals surface area contributed by atoms with Crippen LogP contribution in [-0.4, -0.2) is 38.3 Å². The maximum Gasteiger partial charge on any atom is 0.326 e. The summed E-state index contributed by atoms with van der Waals surface area (Å²) in [6, 6.07) is 1.44. The van der Waals surface area contributed by atoms with Gasteiger partial charge in [0.25, 0.3) is 15.9 Å². The zero-order valence-electron chi connectivity index (χ0n) is 9.09. The van der Waals surface area contributed by atoms with E-state index in [1.54, 1.807) is 6.92 Å². The largest absolute Gasteiger partial charge is 0.468 e. The average Bonchev–Trinajstić information content (AvgIpc) is 2.72. The Hall–Kier alpha value is -1.41. The predicted octanol–water partition coefficient (Wildman–Crippen LogP) is 0.374. The van der Waals surface area contributed by atoms with E-state index in [1.807, 2.05) is 0 Å². The Labute approximate surface area is 102 Å². The number of sulfonamides is 1. The second kappa shape index (κ2) is 3.81. The van der Waals surface area contributed by atoms with Crippen molar-refractivity contribution in [2.75, 3.05) is 13.7 Å². The van der Waals surface area contributed by atoms with Crippen LogP contribution in [-0.2, 0) is 19.6 Å². The summed E-state index contributed by atoms with van der Waals surface area (Å²) in [5.41, 5.74) is 0. The molecule has 1 aromatic rings. The molecule has 1 aliphatic heterocycles. The van der Waals surface area contributed by atoms with Gasteiger partial charge >= 0.3 is 5.97 Å². The summed E-state index contributed by atoms with van der Waals surface area (Å²) in [5, 5.41) is 0. The molecular weight excluding hydrogens is 266 g/mol. The molecule has 0 N–H and O–H groups in total. The summed E-state index contributed by atoms with van der Waals surface area (Å²) in [6.07, 6.45) is 0. The predicted molar refractivity (Wildman–Crippen MR) is 59.3 cm³/mol. The number of aryl methyl sites for hydroxylation is 1.